The van der Waals surface area contributed by atoms with E-state index in [-0.39, 0.29) is 12.9 Å². The molecule has 0 aliphatic heterocycles. The molecule has 2 aromatic rings. The van der Waals surface area contributed by atoms with Gasteiger partial charge in [-0.3, -0.25) is 5.26 Å². The Bertz CT molecular complexity index is 774. The Kier molecular flexibility index (Phi) is 8.69. The van der Waals surface area contributed by atoms with E-state index in [1.165, 1.54) is 0 Å². The summed E-state index contributed by atoms with van der Waals surface area (Å²) in [4.78, 5) is 4.88. The lowest BCUT2D eigenvalue weighted by Crippen LogP contribution is -2.22. The fraction of sp³-hybridized carbons (Fsp3) is 0.385. The minimum absolute atomic E-state index is 0.262. The van der Waals surface area contributed by atoms with Gasteiger partial charge in [0.05, 0.1) is 6.61 Å². The Hall–Kier alpha value is -2.40. The van der Waals surface area contributed by atoms with E-state index in [2.05, 4.69) is 13.2 Å². The lowest BCUT2D eigenvalue weighted by molar-refractivity contribution is -0.296. The zero-order chi connectivity index (χ0) is 21.2. The number of rotatable bonds is 11. The third-order valence-corrected chi connectivity index (χ3v) is 6.03. The highest BCUT2D eigenvalue weighted by Gasteiger charge is 2.29. The van der Waals surface area contributed by atoms with E-state index in [9.17, 15) is 5.26 Å². The largest absolute Gasteiger partial charge is 0.468 e. The van der Waals surface area contributed by atoms with Gasteiger partial charge in [-0.15, -0.1) is 0 Å². The summed E-state index contributed by atoms with van der Waals surface area (Å²) in [5, 5.41) is 9.49. The van der Waals surface area contributed by atoms with Gasteiger partial charge in [0.2, 0.25) is 0 Å². The third-order valence-electron chi connectivity index (χ3n) is 6.03. The van der Waals surface area contributed by atoms with Gasteiger partial charge in [0.25, 0.3) is 0 Å². The lowest BCUT2D eigenvalue weighted by Gasteiger charge is -2.32. The van der Waals surface area contributed by atoms with Crippen LogP contribution in [0.15, 0.2) is 61.7 Å². The molecule has 4 heteroatoms. The van der Waals surface area contributed by atoms with Gasteiger partial charge in [0.1, 0.15) is 11.9 Å². The van der Waals surface area contributed by atoms with Crippen molar-refractivity contribution < 1.29 is 19.6 Å². The predicted octanol–water partition coefficient (Wildman–Crippen LogP) is 6.75. The van der Waals surface area contributed by atoms with Crippen molar-refractivity contribution in [1.82, 2.24) is 0 Å². The Labute approximate surface area is 179 Å². The maximum atomic E-state index is 9.49. The van der Waals surface area contributed by atoms with Crippen LogP contribution in [0.25, 0.3) is 12.2 Å². The SMILES string of the molecule is C=Cc1ccc(OCOCCC2CCC(C(OO)c3ccc(C=C)cc3)CC2)cc1. The van der Waals surface area contributed by atoms with Crippen LogP contribution < -0.4 is 4.74 Å². The quantitative estimate of drug-likeness (QED) is 0.193. The first-order valence-corrected chi connectivity index (χ1v) is 10.7. The second-order valence-electron chi connectivity index (χ2n) is 7.91. The fourth-order valence-corrected chi connectivity index (χ4v) is 4.14. The van der Waals surface area contributed by atoms with Gasteiger partial charge >= 0.3 is 0 Å². The molecule has 4 nitrogen and oxygen atoms in total. The van der Waals surface area contributed by atoms with E-state index in [0.717, 1.165) is 54.5 Å². The molecule has 1 saturated carbocycles. The minimum atomic E-state index is -0.262. The van der Waals surface area contributed by atoms with Crippen molar-refractivity contribution in [2.75, 3.05) is 13.4 Å². The highest BCUT2D eigenvalue weighted by Crippen LogP contribution is 2.39. The van der Waals surface area contributed by atoms with Crippen molar-refractivity contribution in [1.29, 1.82) is 0 Å². The van der Waals surface area contributed by atoms with Gasteiger partial charge < -0.3 is 9.47 Å². The van der Waals surface area contributed by atoms with Gasteiger partial charge in [-0.25, -0.2) is 4.89 Å². The Morgan fingerprint density at radius 1 is 0.900 bits per heavy atom. The van der Waals surface area contributed by atoms with Gasteiger partial charge in [0, 0.05) is 0 Å². The molecule has 3 rings (SSSR count). The van der Waals surface area contributed by atoms with E-state index in [0.29, 0.717) is 18.4 Å². The van der Waals surface area contributed by atoms with Crippen LogP contribution >= 0.6 is 0 Å². The van der Waals surface area contributed by atoms with Crippen molar-refractivity contribution in [3.63, 3.8) is 0 Å². The van der Waals surface area contributed by atoms with Crippen LogP contribution in [-0.4, -0.2) is 18.7 Å². The molecule has 0 amide bonds. The number of benzene rings is 2. The molecule has 1 aliphatic carbocycles. The number of ether oxygens (including phenoxy) is 2. The zero-order valence-electron chi connectivity index (χ0n) is 17.5. The van der Waals surface area contributed by atoms with E-state index in [1.54, 1.807) is 0 Å². The summed E-state index contributed by atoms with van der Waals surface area (Å²) in [6.07, 6.45) is 8.74. The maximum Gasteiger partial charge on any atom is 0.189 e. The summed E-state index contributed by atoms with van der Waals surface area (Å²) >= 11 is 0. The van der Waals surface area contributed by atoms with Crippen LogP contribution in [0, 0.1) is 11.8 Å². The molecule has 0 saturated heterocycles. The third kappa shape index (κ3) is 6.30. The predicted molar refractivity (Wildman–Crippen MR) is 121 cm³/mol. The molecule has 30 heavy (non-hydrogen) atoms. The fourth-order valence-electron chi connectivity index (χ4n) is 4.14. The molecule has 1 N–H and O–H groups in total. The summed E-state index contributed by atoms with van der Waals surface area (Å²) in [6.45, 7) is 8.49. The van der Waals surface area contributed by atoms with Crippen LogP contribution in [0.3, 0.4) is 0 Å². The van der Waals surface area contributed by atoms with E-state index >= 15 is 0 Å². The van der Waals surface area contributed by atoms with Gasteiger partial charge in [-0.1, -0.05) is 61.7 Å². The van der Waals surface area contributed by atoms with Gasteiger partial charge in [0.15, 0.2) is 6.79 Å². The summed E-state index contributed by atoms with van der Waals surface area (Å²) in [5.41, 5.74) is 3.16. The Morgan fingerprint density at radius 3 is 2.07 bits per heavy atom. The first-order chi connectivity index (χ1) is 14.7. The van der Waals surface area contributed by atoms with Crippen LogP contribution in [-0.2, 0) is 9.62 Å². The van der Waals surface area contributed by atoms with E-state index in [1.807, 2.05) is 60.7 Å². The summed E-state index contributed by atoms with van der Waals surface area (Å²) in [7, 11) is 0. The average molecular weight is 409 g/mol. The minimum Gasteiger partial charge on any atom is -0.468 e. The van der Waals surface area contributed by atoms with Gasteiger partial charge in [-0.2, -0.15) is 0 Å². The second kappa shape index (κ2) is 11.7. The average Bonchev–Trinajstić information content (AvgIpc) is 2.81. The standard InChI is InChI=1S/C26H32O4/c1-3-20-5-11-23(12-6-20)26(30-27)24-13-7-22(8-14-24)17-18-28-19-29-25-15-9-21(4-2)10-16-25/h3-6,9-12,15-16,22,24,26-27H,1-2,7-8,13-14,17-19H2. The van der Waals surface area contributed by atoms with Crippen molar-refractivity contribution in [2.45, 2.75) is 38.2 Å². The molecular weight excluding hydrogens is 376 g/mol. The van der Waals surface area contributed by atoms with Crippen LogP contribution in [0.5, 0.6) is 5.75 Å². The second-order valence-corrected chi connectivity index (χ2v) is 7.91. The molecule has 2 aromatic carbocycles. The van der Waals surface area contributed by atoms with E-state index < -0.39 is 0 Å². The molecular formula is C26H32O4. The summed E-state index contributed by atoms with van der Waals surface area (Å²) in [6, 6.07) is 15.8. The molecule has 1 fully saturated rings. The normalized spacial score (nSPS) is 19.8. The maximum absolute atomic E-state index is 9.49. The molecule has 1 unspecified atom stereocenters. The highest BCUT2D eigenvalue weighted by molar-refractivity contribution is 5.48. The molecule has 0 aromatic heterocycles. The van der Waals surface area contributed by atoms with Crippen molar-refractivity contribution in [3.8, 4) is 5.75 Å². The summed E-state index contributed by atoms with van der Waals surface area (Å²) in [5.74, 6) is 1.79. The molecule has 1 atom stereocenters. The molecule has 1 aliphatic rings. The first kappa shape index (κ1) is 22.3. The van der Waals surface area contributed by atoms with Crippen molar-refractivity contribution in [3.05, 3.63) is 78.4 Å². The van der Waals surface area contributed by atoms with Crippen LogP contribution in [0.4, 0.5) is 0 Å². The highest BCUT2D eigenvalue weighted by atomic mass is 17.1. The van der Waals surface area contributed by atoms with Crippen LogP contribution in [0.1, 0.15) is 54.9 Å². The van der Waals surface area contributed by atoms with Crippen molar-refractivity contribution >= 4 is 12.2 Å². The monoisotopic (exact) mass is 408 g/mol. The Balaban J connectivity index is 1.35. The molecule has 0 heterocycles. The molecule has 0 bridgehead atoms. The summed E-state index contributed by atoms with van der Waals surface area (Å²) < 4.78 is 11.3. The Morgan fingerprint density at radius 2 is 1.50 bits per heavy atom. The zero-order valence-corrected chi connectivity index (χ0v) is 17.5. The van der Waals surface area contributed by atoms with E-state index in [4.69, 9.17) is 14.4 Å². The number of hydrogen-bond donors (Lipinski definition) is 1. The topological polar surface area (TPSA) is 47.9 Å². The number of hydrogen-bond acceptors (Lipinski definition) is 4. The lowest BCUT2D eigenvalue weighted by atomic mass is 9.77. The molecule has 160 valence electrons. The van der Waals surface area contributed by atoms with Crippen LogP contribution in [0.2, 0.25) is 0 Å². The smallest absolute Gasteiger partial charge is 0.189 e. The van der Waals surface area contributed by atoms with Crippen molar-refractivity contribution in [2.24, 2.45) is 11.8 Å². The first-order valence-electron chi connectivity index (χ1n) is 10.7. The molecule has 0 spiro atoms. The van der Waals surface area contributed by atoms with Gasteiger partial charge in [-0.05, 0) is 72.8 Å². The molecule has 0 radical (unpaired) electrons.